The molecule has 0 unspecified atom stereocenters. The van der Waals surface area contributed by atoms with Crippen LogP contribution in [0.25, 0.3) is 0 Å². The molecule has 2 fully saturated rings. The van der Waals surface area contributed by atoms with Crippen molar-refractivity contribution in [2.45, 2.75) is 38.7 Å². The number of esters is 1. The number of carbonyl (C=O) groups is 1. The molecule has 15 heavy (non-hydrogen) atoms. The number of carbonyl (C=O) groups excluding carboxylic acids is 1. The Balaban J connectivity index is 1.69. The molecule has 3 aliphatic carbocycles. The summed E-state index contributed by atoms with van der Waals surface area (Å²) in [5.74, 6) is 3.04. The van der Waals surface area contributed by atoms with Gasteiger partial charge in [0.25, 0.3) is 0 Å². The SMILES string of the molecule is CCC(=O)O[C@@H]1C[C@@H]2C[C@H]1[C@H]1CC=C[C@@H]21. The molecule has 5 atom stereocenters. The third-order valence-electron chi connectivity index (χ3n) is 4.51. The van der Waals surface area contributed by atoms with E-state index in [4.69, 9.17) is 4.74 Å². The molecule has 0 amide bonds. The molecule has 0 aliphatic heterocycles. The molecule has 0 aromatic carbocycles. The monoisotopic (exact) mass is 206 g/mol. The van der Waals surface area contributed by atoms with Crippen molar-refractivity contribution >= 4 is 5.97 Å². The van der Waals surface area contributed by atoms with Gasteiger partial charge in [0, 0.05) is 6.42 Å². The Morgan fingerprint density at radius 1 is 1.40 bits per heavy atom. The van der Waals surface area contributed by atoms with Crippen LogP contribution in [0.15, 0.2) is 12.2 Å². The van der Waals surface area contributed by atoms with Crippen molar-refractivity contribution in [3.63, 3.8) is 0 Å². The standard InChI is InChI=1S/C13H18O2/c1-2-13(14)15-12-7-8-6-11(12)10-5-3-4-9(8)10/h3-4,8-12H,2,5-7H2,1H3/t8-,9-,10-,11-,12+/m0/s1. The Kier molecular flexibility index (Phi) is 2.11. The fourth-order valence-corrected chi connectivity index (χ4v) is 3.88. The van der Waals surface area contributed by atoms with Gasteiger partial charge >= 0.3 is 5.97 Å². The van der Waals surface area contributed by atoms with Gasteiger partial charge in [-0.25, -0.2) is 0 Å². The van der Waals surface area contributed by atoms with Crippen LogP contribution in [-0.2, 0) is 9.53 Å². The molecule has 2 bridgehead atoms. The lowest BCUT2D eigenvalue weighted by Gasteiger charge is -2.30. The number of ether oxygens (including phenoxy) is 1. The molecule has 2 nitrogen and oxygen atoms in total. The van der Waals surface area contributed by atoms with Gasteiger partial charge in [-0.3, -0.25) is 4.79 Å². The summed E-state index contributed by atoms with van der Waals surface area (Å²) in [6.07, 6.45) is 9.09. The average Bonchev–Trinajstić information content (AvgIpc) is 2.87. The normalized spacial score (nSPS) is 45.8. The van der Waals surface area contributed by atoms with Crippen LogP contribution in [0.3, 0.4) is 0 Å². The zero-order valence-electron chi connectivity index (χ0n) is 9.19. The van der Waals surface area contributed by atoms with Crippen molar-refractivity contribution in [1.82, 2.24) is 0 Å². The van der Waals surface area contributed by atoms with Crippen molar-refractivity contribution in [3.05, 3.63) is 12.2 Å². The van der Waals surface area contributed by atoms with Gasteiger partial charge in [0.1, 0.15) is 6.10 Å². The molecular weight excluding hydrogens is 188 g/mol. The number of fused-ring (bicyclic) bond motifs is 5. The van der Waals surface area contributed by atoms with Gasteiger partial charge in [-0.1, -0.05) is 19.1 Å². The highest BCUT2D eigenvalue weighted by molar-refractivity contribution is 5.69. The van der Waals surface area contributed by atoms with Crippen molar-refractivity contribution in [2.24, 2.45) is 23.7 Å². The minimum Gasteiger partial charge on any atom is -0.462 e. The third kappa shape index (κ3) is 1.34. The number of hydrogen-bond acceptors (Lipinski definition) is 2. The first-order valence-corrected chi connectivity index (χ1v) is 6.15. The fraction of sp³-hybridized carbons (Fsp3) is 0.769. The lowest BCUT2D eigenvalue weighted by molar-refractivity contribution is -0.152. The summed E-state index contributed by atoms with van der Waals surface area (Å²) in [4.78, 5) is 11.3. The molecule has 82 valence electrons. The molecule has 0 saturated heterocycles. The zero-order valence-corrected chi connectivity index (χ0v) is 9.19. The predicted molar refractivity (Wildman–Crippen MR) is 57.1 cm³/mol. The Morgan fingerprint density at radius 2 is 2.27 bits per heavy atom. The molecule has 0 heterocycles. The van der Waals surface area contributed by atoms with Gasteiger partial charge in [0.05, 0.1) is 0 Å². The van der Waals surface area contributed by atoms with Crippen LogP contribution in [0.2, 0.25) is 0 Å². The van der Waals surface area contributed by atoms with Gasteiger partial charge in [-0.2, -0.15) is 0 Å². The van der Waals surface area contributed by atoms with Crippen LogP contribution in [-0.4, -0.2) is 12.1 Å². The molecule has 3 rings (SSSR count). The van der Waals surface area contributed by atoms with E-state index in [1.807, 2.05) is 6.92 Å². The summed E-state index contributed by atoms with van der Waals surface area (Å²) in [6.45, 7) is 1.87. The molecular formula is C13H18O2. The predicted octanol–water partition coefficient (Wildman–Crippen LogP) is 2.54. The van der Waals surface area contributed by atoms with Gasteiger partial charge in [-0.15, -0.1) is 0 Å². The quantitative estimate of drug-likeness (QED) is 0.512. The van der Waals surface area contributed by atoms with Crippen LogP contribution < -0.4 is 0 Å². The van der Waals surface area contributed by atoms with Crippen LogP contribution >= 0.6 is 0 Å². The molecule has 0 radical (unpaired) electrons. The van der Waals surface area contributed by atoms with Crippen molar-refractivity contribution in [1.29, 1.82) is 0 Å². The first-order valence-electron chi connectivity index (χ1n) is 6.15. The first-order chi connectivity index (χ1) is 7.29. The van der Waals surface area contributed by atoms with E-state index in [9.17, 15) is 4.79 Å². The fourth-order valence-electron chi connectivity index (χ4n) is 3.88. The first kappa shape index (κ1) is 9.44. The van der Waals surface area contributed by atoms with E-state index in [1.165, 1.54) is 12.8 Å². The van der Waals surface area contributed by atoms with Crippen molar-refractivity contribution in [2.75, 3.05) is 0 Å². The molecule has 0 spiro atoms. The molecule has 2 saturated carbocycles. The average molecular weight is 206 g/mol. The number of hydrogen-bond donors (Lipinski definition) is 0. The highest BCUT2D eigenvalue weighted by atomic mass is 16.5. The van der Waals surface area contributed by atoms with E-state index in [0.29, 0.717) is 12.3 Å². The van der Waals surface area contributed by atoms with E-state index in [0.717, 1.165) is 24.2 Å². The summed E-state index contributed by atoms with van der Waals surface area (Å²) in [7, 11) is 0. The second kappa shape index (κ2) is 3.36. The second-order valence-electron chi connectivity index (χ2n) is 5.18. The number of allylic oxidation sites excluding steroid dienone is 2. The van der Waals surface area contributed by atoms with E-state index in [-0.39, 0.29) is 12.1 Å². The number of rotatable bonds is 2. The maximum Gasteiger partial charge on any atom is 0.305 e. The minimum atomic E-state index is -0.0185. The van der Waals surface area contributed by atoms with E-state index >= 15 is 0 Å². The van der Waals surface area contributed by atoms with Crippen LogP contribution in [0.4, 0.5) is 0 Å². The van der Waals surface area contributed by atoms with Gasteiger partial charge < -0.3 is 4.74 Å². The van der Waals surface area contributed by atoms with Gasteiger partial charge in [0.2, 0.25) is 0 Å². The van der Waals surface area contributed by atoms with Crippen molar-refractivity contribution in [3.8, 4) is 0 Å². The van der Waals surface area contributed by atoms with Crippen LogP contribution in [0.1, 0.15) is 32.6 Å². The molecule has 2 heteroatoms. The lowest BCUT2D eigenvalue weighted by atomic mass is 9.80. The van der Waals surface area contributed by atoms with Gasteiger partial charge in [0.15, 0.2) is 0 Å². The summed E-state index contributed by atoms with van der Waals surface area (Å²) >= 11 is 0. The van der Waals surface area contributed by atoms with E-state index < -0.39 is 0 Å². The van der Waals surface area contributed by atoms with Crippen LogP contribution in [0, 0.1) is 23.7 Å². The maximum absolute atomic E-state index is 11.3. The lowest BCUT2D eigenvalue weighted by Crippen LogP contribution is -2.32. The summed E-state index contributed by atoms with van der Waals surface area (Å²) < 4.78 is 5.54. The Morgan fingerprint density at radius 3 is 3.07 bits per heavy atom. The summed E-state index contributed by atoms with van der Waals surface area (Å²) in [6, 6.07) is 0. The minimum absolute atomic E-state index is 0.0185. The van der Waals surface area contributed by atoms with Gasteiger partial charge in [-0.05, 0) is 42.9 Å². The largest absolute Gasteiger partial charge is 0.462 e. The topological polar surface area (TPSA) is 26.3 Å². The highest BCUT2D eigenvalue weighted by Crippen LogP contribution is 2.57. The van der Waals surface area contributed by atoms with E-state index in [1.54, 1.807) is 0 Å². The summed E-state index contributed by atoms with van der Waals surface area (Å²) in [5, 5.41) is 0. The highest BCUT2D eigenvalue weighted by Gasteiger charge is 2.53. The molecule has 3 aliphatic rings. The Labute approximate surface area is 90.7 Å². The second-order valence-corrected chi connectivity index (χ2v) is 5.18. The van der Waals surface area contributed by atoms with Crippen LogP contribution in [0.5, 0.6) is 0 Å². The van der Waals surface area contributed by atoms with E-state index in [2.05, 4.69) is 12.2 Å². The Hall–Kier alpha value is -0.790. The molecule has 0 N–H and O–H groups in total. The summed E-state index contributed by atoms with van der Waals surface area (Å²) in [5.41, 5.74) is 0. The molecule has 0 aromatic heterocycles. The van der Waals surface area contributed by atoms with Crippen molar-refractivity contribution < 1.29 is 9.53 Å². The maximum atomic E-state index is 11.3. The zero-order chi connectivity index (χ0) is 10.4. The Bertz CT molecular complexity index is 308. The third-order valence-corrected chi connectivity index (χ3v) is 4.51. The molecule has 0 aromatic rings. The smallest absolute Gasteiger partial charge is 0.305 e.